The van der Waals surface area contributed by atoms with E-state index in [1.807, 2.05) is 30.3 Å². The third-order valence-electron chi connectivity index (χ3n) is 7.09. The lowest BCUT2D eigenvalue weighted by molar-refractivity contribution is -0.117. The van der Waals surface area contributed by atoms with Crippen molar-refractivity contribution in [3.63, 3.8) is 0 Å². The highest BCUT2D eigenvalue weighted by Crippen LogP contribution is 2.61. The van der Waals surface area contributed by atoms with Crippen molar-refractivity contribution < 1.29 is 14.3 Å². The number of ether oxygens (including phenoxy) is 1. The fraction of sp³-hybridized carbons (Fsp3) is 0.565. The SMILES string of the molecule is C[C@H](NC(=O)OCc1ccccc1)C(=O)Nc1nnc(C23CC4CC(CC(C4)C2)C3)s1. The van der Waals surface area contributed by atoms with E-state index in [0.29, 0.717) is 5.13 Å². The molecule has 2 aromatic rings. The summed E-state index contributed by atoms with van der Waals surface area (Å²) in [6.45, 7) is 1.78. The predicted octanol–water partition coefficient (Wildman–Crippen LogP) is 4.26. The highest BCUT2D eigenvalue weighted by molar-refractivity contribution is 7.15. The maximum atomic E-state index is 12.5. The molecular weight excluding hydrogens is 412 g/mol. The molecule has 4 bridgehead atoms. The fourth-order valence-corrected chi connectivity index (χ4v) is 7.05. The maximum Gasteiger partial charge on any atom is 0.408 e. The number of anilines is 1. The topological polar surface area (TPSA) is 93.2 Å². The Bertz CT molecular complexity index is 925. The summed E-state index contributed by atoms with van der Waals surface area (Å²) >= 11 is 1.50. The standard InChI is InChI=1S/C23H28N4O3S/c1-14(24-22(29)30-13-15-5-3-2-4-6-15)19(28)25-21-27-26-20(31-21)23-10-16-7-17(11-23)9-18(8-16)12-23/h2-6,14,16-18H,7-13H2,1H3,(H,24,29)(H,25,27,28)/t14-,16?,17?,18?,23?/m0/s1. The van der Waals surface area contributed by atoms with Crippen LogP contribution in [0.4, 0.5) is 9.93 Å². The van der Waals surface area contributed by atoms with Crippen LogP contribution in [0.3, 0.4) is 0 Å². The summed E-state index contributed by atoms with van der Waals surface area (Å²) in [5, 5.41) is 15.7. The van der Waals surface area contributed by atoms with Crippen LogP contribution in [0.1, 0.15) is 56.0 Å². The molecule has 4 aliphatic carbocycles. The van der Waals surface area contributed by atoms with Gasteiger partial charge >= 0.3 is 6.09 Å². The van der Waals surface area contributed by atoms with Crippen LogP contribution in [-0.4, -0.2) is 28.2 Å². The Morgan fingerprint density at radius 1 is 1.10 bits per heavy atom. The second-order valence-corrected chi connectivity index (χ2v) is 10.5. The molecule has 4 saturated carbocycles. The van der Waals surface area contributed by atoms with Gasteiger partial charge in [-0.1, -0.05) is 41.7 Å². The average Bonchev–Trinajstić information content (AvgIpc) is 3.21. The fourth-order valence-electron chi connectivity index (χ4n) is 6.08. The van der Waals surface area contributed by atoms with Crippen LogP contribution < -0.4 is 10.6 Å². The molecule has 0 saturated heterocycles. The largest absolute Gasteiger partial charge is 0.445 e. The number of carbonyl (C=O) groups excluding carboxylic acids is 2. The quantitative estimate of drug-likeness (QED) is 0.700. The van der Waals surface area contributed by atoms with E-state index in [1.165, 1.54) is 49.9 Å². The molecule has 31 heavy (non-hydrogen) atoms. The normalized spacial score (nSPS) is 29.4. The van der Waals surface area contributed by atoms with Gasteiger partial charge in [-0.2, -0.15) is 0 Å². The second kappa shape index (κ2) is 8.22. The van der Waals surface area contributed by atoms with E-state index in [2.05, 4.69) is 20.8 Å². The molecule has 8 heteroatoms. The van der Waals surface area contributed by atoms with Crippen LogP contribution in [0.15, 0.2) is 30.3 Å². The van der Waals surface area contributed by atoms with Crippen molar-refractivity contribution in [1.29, 1.82) is 0 Å². The van der Waals surface area contributed by atoms with Gasteiger partial charge in [0, 0.05) is 5.41 Å². The third-order valence-corrected chi connectivity index (χ3v) is 8.17. The van der Waals surface area contributed by atoms with E-state index in [9.17, 15) is 9.59 Å². The van der Waals surface area contributed by atoms with Crippen molar-refractivity contribution in [3.05, 3.63) is 40.9 Å². The summed E-state index contributed by atoms with van der Waals surface area (Å²) in [4.78, 5) is 24.5. The first-order valence-electron chi connectivity index (χ1n) is 11.1. The number of benzene rings is 1. The molecule has 0 spiro atoms. The molecule has 6 rings (SSSR count). The number of nitrogens with one attached hydrogen (secondary N) is 2. The summed E-state index contributed by atoms with van der Waals surface area (Å²) in [7, 11) is 0. The van der Waals surface area contributed by atoms with E-state index in [4.69, 9.17) is 4.74 Å². The number of aromatic nitrogens is 2. The van der Waals surface area contributed by atoms with Crippen LogP contribution in [-0.2, 0) is 21.6 Å². The lowest BCUT2D eigenvalue weighted by Gasteiger charge is -2.55. The summed E-state index contributed by atoms with van der Waals surface area (Å²) in [5.41, 5.74) is 1.06. The Morgan fingerprint density at radius 3 is 2.39 bits per heavy atom. The number of rotatable bonds is 6. The van der Waals surface area contributed by atoms with Gasteiger partial charge in [0.05, 0.1) is 0 Å². The highest BCUT2D eigenvalue weighted by Gasteiger charge is 2.53. The third kappa shape index (κ3) is 4.31. The zero-order valence-electron chi connectivity index (χ0n) is 17.7. The van der Waals surface area contributed by atoms with E-state index in [-0.39, 0.29) is 17.9 Å². The Morgan fingerprint density at radius 2 is 1.74 bits per heavy atom. The summed E-state index contributed by atoms with van der Waals surface area (Å²) in [6, 6.07) is 8.67. The summed E-state index contributed by atoms with van der Waals surface area (Å²) in [5.74, 6) is 2.17. The average molecular weight is 441 g/mol. The number of alkyl carbamates (subject to hydrolysis) is 1. The van der Waals surface area contributed by atoms with Crippen LogP contribution in [0.2, 0.25) is 0 Å². The summed E-state index contributed by atoms with van der Waals surface area (Å²) < 4.78 is 5.19. The first-order valence-corrected chi connectivity index (χ1v) is 11.9. The molecule has 0 radical (unpaired) electrons. The first-order chi connectivity index (χ1) is 15.0. The first kappa shape index (κ1) is 20.4. The van der Waals surface area contributed by atoms with Gasteiger partial charge in [0.1, 0.15) is 17.7 Å². The van der Waals surface area contributed by atoms with Crippen molar-refractivity contribution in [3.8, 4) is 0 Å². The van der Waals surface area contributed by atoms with Gasteiger partial charge in [-0.15, -0.1) is 10.2 Å². The minimum absolute atomic E-state index is 0.159. The van der Waals surface area contributed by atoms with Crippen LogP contribution in [0.5, 0.6) is 0 Å². The van der Waals surface area contributed by atoms with Crippen molar-refractivity contribution in [2.75, 3.05) is 5.32 Å². The Balaban J connectivity index is 1.15. The van der Waals surface area contributed by atoms with Gasteiger partial charge < -0.3 is 10.1 Å². The zero-order valence-corrected chi connectivity index (χ0v) is 18.5. The molecule has 2 N–H and O–H groups in total. The van der Waals surface area contributed by atoms with E-state index >= 15 is 0 Å². The molecule has 0 aliphatic heterocycles. The molecule has 164 valence electrons. The van der Waals surface area contributed by atoms with Gasteiger partial charge in [-0.3, -0.25) is 10.1 Å². The van der Waals surface area contributed by atoms with Gasteiger partial charge in [0.2, 0.25) is 11.0 Å². The van der Waals surface area contributed by atoms with E-state index in [1.54, 1.807) is 6.92 Å². The molecule has 1 aromatic carbocycles. The number of carbonyl (C=O) groups is 2. The molecule has 1 atom stereocenters. The van der Waals surface area contributed by atoms with Crippen LogP contribution in [0, 0.1) is 17.8 Å². The predicted molar refractivity (Wildman–Crippen MR) is 118 cm³/mol. The van der Waals surface area contributed by atoms with E-state index < -0.39 is 12.1 Å². The monoisotopic (exact) mass is 440 g/mol. The maximum absolute atomic E-state index is 12.5. The Hall–Kier alpha value is -2.48. The molecule has 0 unspecified atom stereocenters. The zero-order chi connectivity index (χ0) is 21.4. The number of hydrogen-bond acceptors (Lipinski definition) is 6. The Kier molecular flexibility index (Phi) is 5.42. The molecule has 2 amide bonds. The van der Waals surface area contributed by atoms with Gasteiger partial charge in [-0.25, -0.2) is 4.79 Å². The van der Waals surface area contributed by atoms with Crippen molar-refractivity contribution in [2.45, 2.75) is 63.5 Å². The van der Waals surface area contributed by atoms with E-state index in [0.717, 1.165) is 28.3 Å². The van der Waals surface area contributed by atoms with Crippen molar-refractivity contribution in [1.82, 2.24) is 15.5 Å². The molecule has 4 fully saturated rings. The molecule has 4 aliphatic rings. The molecular formula is C23H28N4O3S. The lowest BCUT2D eigenvalue weighted by Crippen LogP contribution is -2.48. The minimum Gasteiger partial charge on any atom is -0.445 e. The smallest absolute Gasteiger partial charge is 0.408 e. The Labute approximate surface area is 186 Å². The number of amides is 2. The van der Waals surface area contributed by atoms with Gasteiger partial charge in [0.25, 0.3) is 0 Å². The van der Waals surface area contributed by atoms with Crippen LogP contribution in [0.25, 0.3) is 0 Å². The number of nitrogens with zero attached hydrogens (tertiary/aromatic N) is 2. The highest BCUT2D eigenvalue weighted by atomic mass is 32.1. The van der Waals surface area contributed by atoms with Gasteiger partial charge in [-0.05, 0) is 68.8 Å². The minimum atomic E-state index is -0.741. The molecule has 1 aromatic heterocycles. The number of hydrogen-bond donors (Lipinski definition) is 2. The van der Waals surface area contributed by atoms with Crippen molar-refractivity contribution in [2.24, 2.45) is 17.8 Å². The second-order valence-electron chi connectivity index (χ2n) is 9.53. The molecule has 7 nitrogen and oxygen atoms in total. The molecule has 1 heterocycles. The van der Waals surface area contributed by atoms with Crippen LogP contribution >= 0.6 is 11.3 Å². The lowest BCUT2D eigenvalue weighted by atomic mass is 9.50. The van der Waals surface area contributed by atoms with Crippen molar-refractivity contribution >= 4 is 28.5 Å². The summed E-state index contributed by atoms with van der Waals surface area (Å²) in [6.07, 6.45) is 7.16. The van der Waals surface area contributed by atoms with Gasteiger partial charge in [0.15, 0.2) is 0 Å².